The summed E-state index contributed by atoms with van der Waals surface area (Å²) in [7, 11) is 0. The Labute approximate surface area is 47.3 Å². The summed E-state index contributed by atoms with van der Waals surface area (Å²) in [4.78, 5) is 10.2. The first kappa shape index (κ1) is 7.56. The van der Waals surface area contributed by atoms with Crippen molar-refractivity contribution in [3.8, 4) is 0 Å². The zero-order valence-electron chi connectivity index (χ0n) is 4.89. The van der Waals surface area contributed by atoms with E-state index in [0.717, 1.165) is 6.92 Å². The molecule has 0 saturated heterocycles. The van der Waals surface area contributed by atoms with Crippen LogP contribution < -0.4 is 0 Å². The predicted octanol–water partition coefficient (Wildman–Crippen LogP) is 0.294. The Balaban J connectivity index is 3.65. The Bertz CT molecular complexity index is 78.4. The summed E-state index contributed by atoms with van der Waals surface area (Å²) in [6.45, 7) is 2.35. The molecule has 0 aliphatic carbocycles. The van der Waals surface area contributed by atoms with E-state index in [9.17, 15) is 9.18 Å². The first-order valence-corrected chi connectivity index (χ1v) is 2.41. The minimum Gasteiger partial charge on any atom is -0.386 e. The van der Waals surface area contributed by atoms with Crippen LogP contribution in [0.1, 0.15) is 13.8 Å². The van der Waals surface area contributed by atoms with Crippen molar-refractivity contribution < 1.29 is 14.3 Å². The standard InChI is InChI=1S/C5H9FO2/c1-3(6)5(8)4(2)7/h3-4,7H,1-2H3. The molecule has 48 valence electrons. The van der Waals surface area contributed by atoms with Crippen LogP contribution in [0.15, 0.2) is 0 Å². The fraction of sp³-hybridized carbons (Fsp3) is 0.800. The monoisotopic (exact) mass is 120 g/mol. The van der Waals surface area contributed by atoms with Crippen molar-refractivity contribution >= 4 is 5.78 Å². The number of halogens is 1. The van der Waals surface area contributed by atoms with E-state index in [1.165, 1.54) is 6.92 Å². The highest BCUT2D eigenvalue weighted by molar-refractivity contribution is 5.86. The van der Waals surface area contributed by atoms with E-state index >= 15 is 0 Å². The predicted molar refractivity (Wildman–Crippen MR) is 27.3 cm³/mol. The maximum absolute atomic E-state index is 11.8. The molecule has 0 spiro atoms. The lowest BCUT2D eigenvalue weighted by Crippen LogP contribution is -2.24. The summed E-state index contributed by atoms with van der Waals surface area (Å²) in [6.07, 6.45) is -2.72. The van der Waals surface area contributed by atoms with Crippen molar-refractivity contribution in [2.45, 2.75) is 26.1 Å². The topological polar surface area (TPSA) is 37.3 Å². The summed E-state index contributed by atoms with van der Waals surface area (Å²) in [5, 5.41) is 8.40. The Hall–Kier alpha value is -0.440. The fourth-order valence-corrected chi connectivity index (χ4v) is 0.332. The number of carbonyl (C=O) groups is 1. The molecule has 0 aromatic heterocycles. The number of aliphatic hydroxyl groups is 1. The molecule has 0 aromatic carbocycles. The van der Waals surface area contributed by atoms with Gasteiger partial charge < -0.3 is 5.11 Å². The molecular weight excluding hydrogens is 111 g/mol. The van der Waals surface area contributed by atoms with Gasteiger partial charge in [0.2, 0.25) is 0 Å². The molecule has 0 aromatic rings. The Morgan fingerprint density at radius 3 is 2.00 bits per heavy atom. The van der Waals surface area contributed by atoms with Crippen LogP contribution in [-0.2, 0) is 4.79 Å². The lowest BCUT2D eigenvalue weighted by molar-refractivity contribution is -0.130. The van der Waals surface area contributed by atoms with E-state index in [0.29, 0.717) is 0 Å². The van der Waals surface area contributed by atoms with Gasteiger partial charge in [-0.3, -0.25) is 4.79 Å². The number of hydrogen-bond acceptors (Lipinski definition) is 2. The summed E-state index contributed by atoms with van der Waals surface area (Å²) in [5.74, 6) is -0.759. The Kier molecular flexibility index (Phi) is 2.62. The summed E-state index contributed by atoms with van der Waals surface area (Å²) >= 11 is 0. The van der Waals surface area contributed by atoms with Crippen molar-refractivity contribution in [2.75, 3.05) is 0 Å². The van der Waals surface area contributed by atoms with E-state index < -0.39 is 18.1 Å². The number of hydrogen-bond donors (Lipinski definition) is 1. The van der Waals surface area contributed by atoms with Crippen LogP contribution in [0.2, 0.25) is 0 Å². The van der Waals surface area contributed by atoms with Gasteiger partial charge in [-0.15, -0.1) is 0 Å². The third-order valence-corrected chi connectivity index (χ3v) is 0.804. The van der Waals surface area contributed by atoms with Crippen LogP contribution in [0.4, 0.5) is 4.39 Å². The summed E-state index contributed by atoms with van der Waals surface area (Å²) in [5.41, 5.74) is 0. The van der Waals surface area contributed by atoms with Gasteiger partial charge in [-0.25, -0.2) is 4.39 Å². The van der Waals surface area contributed by atoms with Gasteiger partial charge in [0.15, 0.2) is 12.0 Å². The second-order valence-corrected chi connectivity index (χ2v) is 1.69. The Morgan fingerprint density at radius 2 is 2.00 bits per heavy atom. The number of carbonyl (C=O) groups excluding carboxylic acids is 1. The van der Waals surface area contributed by atoms with Gasteiger partial charge in [0.05, 0.1) is 0 Å². The highest BCUT2D eigenvalue weighted by Crippen LogP contribution is 1.94. The molecule has 8 heavy (non-hydrogen) atoms. The van der Waals surface area contributed by atoms with Crippen LogP contribution in [0.5, 0.6) is 0 Å². The third-order valence-electron chi connectivity index (χ3n) is 0.804. The molecule has 2 atom stereocenters. The van der Waals surface area contributed by atoms with Gasteiger partial charge in [0, 0.05) is 0 Å². The molecule has 0 rings (SSSR count). The highest BCUT2D eigenvalue weighted by Gasteiger charge is 2.15. The van der Waals surface area contributed by atoms with Gasteiger partial charge in [0.1, 0.15) is 6.10 Å². The van der Waals surface area contributed by atoms with Crippen molar-refractivity contribution in [1.29, 1.82) is 0 Å². The van der Waals surface area contributed by atoms with E-state index in [-0.39, 0.29) is 0 Å². The van der Waals surface area contributed by atoms with Gasteiger partial charge in [-0.1, -0.05) is 0 Å². The van der Waals surface area contributed by atoms with Gasteiger partial charge in [0.25, 0.3) is 0 Å². The zero-order chi connectivity index (χ0) is 6.73. The largest absolute Gasteiger partial charge is 0.386 e. The van der Waals surface area contributed by atoms with Gasteiger partial charge in [-0.2, -0.15) is 0 Å². The minimum absolute atomic E-state index is 0.759. The molecule has 0 saturated carbocycles. The molecule has 0 fully saturated rings. The number of aliphatic hydroxyl groups excluding tert-OH is 1. The van der Waals surface area contributed by atoms with Crippen LogP contribution in [-0.4, -0.2) is 23.2 Å². The molecular formula is C5H9FO2. The normalized spacial score (nSPS) is 17.5. The second kappa shape index (κ2) is 2.77. The molecule has 1 N–H and O–H groups in total. The zero-order valence-corrected chi connectivity index (χ0v) is 4.89. The molecule has 0 bridgehead atoms. The quantitative estimate of drug-likeness (QED) is 0.568. The molecule has 0 heterocycles. The van der Waals surface area contributed by atoms with Crippen molar-refractivity contribution in [1.82, 2.24) is 0 Å². The lowest BCUT2D eigenvalue weighted by Gasteiger charge is -2.01. The van der Waals surface area contributed by atoms with E-state index in [1.807, 2.05) is 0 Å². The average Bonchev–Trinajstić information content (AvgIpc) is 1.64. The Morgan fingerprint density at radius 1 is 1.62 bits per heavy atom. The fourth-order valence-electron chi connectivity index (χ4n) is 0.332. The van der Waals surface area contributed by atoms with E-state index in [4.69, 9.17) is 5.11 Å². The first-order chi connectivity index (χ1) is 3.55. The van der Waals surface area contributed by atoms with Crippen LogP contribution in [0.25, 0.3) is 0 Å². The van der Waals surface area contributed by atoms with Crippen molar-refractivity contribution in [2.24, 2.45) is 0 Å². The molecule has 0 amide bonds. The molecule has 2 unspecified atom stereocenters. The van der Waals surface area contributed by atoms with Crippen molar-refractivity contribution in [3.63, 3.8) is 0 Å². The van der Waals surface area contributed by atoms with Crippen LogP contribution >= 0.6 is 0 Å². The highest BCUT2D eigenvalue weighted by atomic mass is 19.1. The summed E-state index contributed by atoms with van der Waals surface area (Å²) in [6, 6.07) is 0. The van der Waals surface area contributed by atoms with Crippen LogP contribution in [0.3, 0.4) is 0 Å². The lowest BCUT2D eigenvalue weighted by atomic mass is 10.2. The molecule has 0 aliphatic heterocycles. The maximum atomic E-state index is 11.8. The molecule has 0 radical (unpaired) electrons. The number of ketones is 1. The van der Waals surface area contributed by atoms with Gasteiger partial charge >= 0.3 is 0 Å². The van der Waals surface area contributed by atoms with Gasteiger partial charge in [-0.05, 0) is 13.8 Å². The van der Waals surface area contributed by atoms with Crippen molar-refractivity contribution in [3.05, 3.63) is 0 Å². The first-order valence-electron chi connectivity index (χ1n) is 2.41. The second-order valence-electron chi connectivity index (χ2n) is 1.69. The minimum atomic E-state index is -1.55. The average molecular weight is 120 g/mol. The number of rotatable bonds is 2. The van der Waals surface area contributed by atoms with E-state index in [1.54, 1.807) is 0 Å². The summed E-state index contributed by atoms with van der Waals surface area (Å²) < 4.78 is 11.8. The third kappa shape index (κ3) is 2.02. The molecule has 2 nitrogen and oxygen atoms in total. The number of Topliss-reactive ketones (excluding diaryl/α,β-unsaturated/α-hetero) is 1. The molecule has 0 aliphatic rings. The molecule has 3 heteroatoms. The number of alkyl halides is 1. The SMILES string of the molecule is CC(O)C(=O)C(C)F. The maximum Gasteiger partial charge on any atom is 0.194 e. The smallest absolute Gasteiger partial charge is 0.194 e. The van der Waals surface area contributed by atoms with E-state index in [2.05, 4.69) is 0 Å². The van der Waals surface area contributed by atoms with Crippen LogP contribution in [0, 0.1) is 0 Å².